The Kier molecular flexibility index (Phi) is 6.93. The molecule has 0 saturated carbocycles. The van der Waals surface area contributed by atoms with E-state index >= 15 is 0 Å². The predicted molar refractivity (Wildman–Crippen MR) is 84.5 cm³/mol. The van der Waals surface area contributed by atoms with Gasteiger partial charge in [0.25, 0.3) is 0 Å². The first kappa shape index (κ1) is 17.4. The van der Waals surface area contributed by atoms with Gasteiger partial charge in [0.1, 0.15) is 5.82 Å². The number of rotatable bonds is 7. The molecule has 1 aromatic rings. The van der Waals surface area contributed by atoms with Crippen LogP contribution in [-0.4, -0.2) is 24.5 Å². The molecule has 1 aromatic carbocycles. The molecule has 2 nitrogen and oxygen atoms in total. The SMILES string of the molecule is CC(C)CN(CC(C)C)C(CN)c1cc(Cl)ccc1F. The van der Waals surface area contributed by atoms with E-state index in [2.05, 4.69) is 32.6 Å². The van der Waals surface area contributed by atoms with Gasteiger partial charge in [0, 0.05) is 36.3 Å². The van der Waals surface area contributed by atoms with Crippen molar-refractivity contribution in [3.8, 4) is 0 Å². The molecular formula is C16H26ClFN2. The van der Waals surface area contributed by atoms with Crippen LogP contribution in [0.15, 0.2) is 18.2 Å². The number of nitrogens with two attached hydrogens (primary N) is 1. The van der Waals surface area contributed by atoms with Crippen LogP contribution >= 0.6 is 11.6 Å². The molecule has 0 saturated heterocycles. The van der Waals surface area contributed by atoms with Crippen molar-refractivity contribution in [2.24, 2.45) is 17.6 Å². The lowest BCUT2D eigenvalue weighted by molar-refractivity contribution is 0.157. The Labute approximate surface area is 127 Å². The summed E-state index contributed by atoms with van der Waals surface area (Å²) in [4.78, 5) is 2.27. The Balaban J connectivity index is 3.07. The van der Waals surface area contributed by atoms with Crippen molar-refractivity contribution >= 4 is 11.6 Å². The van der Waals surface area contributed by atoms with Gasteiger partial charge < -0.3 is 5.73 Å². The quantitative estimate of drug-likeness (QED) is 0.821. The summed E-state index contributed by atoms with van der Waals surface area (Å²) in [6.45, 7) is 10.8. The number of nitrogens with zero attached hydrogens (tertiary/aromatic N) is 1. The fourth-order valence-corrected chi connectivity index (χ4v) is 2.69. The van der Waals surface area contributed by atoms with Gasteiger partial charge in [-0.05, 0) is 30.0 Å². The summed E-state index contributed by atoms with van der Waals surface area (Å²) in [5.41, 5.74) is 6.52. The number of hydrogen-bond acceptors (Lipinski definition) is 2. The van der Waals surface area contributed by atoms with Crippen LogP contribution in [-0.2, 0) is 0 Å². The van der Waals surface area contributed by atoms with Crippen molar-refractivity contribution in [3.05, 3.63) is 34.6 Å². The molecule has 0 aliphatic rings. The van der Waals surface area contributed by atoms with Crippen molar-refractivity contribution in [1.29, 1.82) is 0 Å². The highest BCUT2D eigenvalue weighted by Crippen LogP contribution is 2.27. The molecule has 0 aliphatic carbocycles. The highest BCUT2D eigenvalue weighted by atomic mass is 35.5. The van der Waals surface area contributed by atoms with Crippen LogP contribution < -0.4 is 5.73 Å². The third-order valence-corrected chi connectivity index (χ3v) is 3.42. The summed E-state index contributed by atoms with van der Waals surface area (Å²) in [6.07, 6.45) is 0. The van der Waals surface area contributed by atoms with E-state index in [1.54, 1.807) is 12.1 Å². The minimum absolute atomic E-state index is 0.126. The summed E-state index contributed by atoms with van der Waals surface area (Å²) in [5, 5.41) is 0.550. The maximum atomic E-state index is 14.1. The van der Waals surface area contributed by atoms with E-state index in [4.69, 9.17) is 17.3 Å². The predicted octanol–water partition coefficient (Wildman–Crippen LogP) is 4.09. The smallest absolute Gasteiger partial charge is 0.128 e. The third-order valence-electron chi connectivity index (χ3n) is 3.18. The summed E-state index contributed by atoms with van der Waals surface area (Å²) in [7, 11) is 0. The first-order valence-corrected chi connectivity index (χ1v) is 7.62. The summed E-state index contributed by atoms with van der Waals surface area (Å²) >= 11 is 6.01. The van der Waals surface area contributed by atoms with Crippen LogP contribution in [0.25, 0.3) is 0 Å². The average molecular weight is 301 g/mol. The molecule has 0 aliphatic heterocycles. The first-order valence-electron chi connectivity index (χ1n) is 7.24. The van der Waals surface area contributed by atoms with Gasteiger partial charge in [-0.2, -0.15) is 0 Å². The molecule has 0 amide bonds. The first-order chi connectivity index (χ1) is 9.35. The summed E-state index contributed by atoms with van der Waals surface area (Å²) < 4.78 is 14.1. The molecule has 0 fully saturated rings. The third kappa shape index (κ3) is 5.04. The second-order valence-corrected chi connectivity index (χ2v) is 6.60. The molecule has 114 valence electrons. The van der Waals surface area contributed by atoms with Crippen LogP contribution in [0.1, 0.15) is 39.3 Å². The molecule has 1 rings (SSSR count). The largest absolute Gasteiger partial charge is 0.329 e. The van der Waals surface area contributed by atoms with E-state index in [1.807, 2.05) is 0 Å². The molecular weight excluding hydrogens is 275 g/mol. The lowest BCUT2D eigenvalue weighted by atomic mass is 10.0. The van der Waals surface area contributed by atoms with Gasteiger partial charge in [-0.1, -0.05) is 39.3 Å². The minimum Gasteiger partial charge on any atom is -0.329 e. The maximum Gasteiger partial charge on any atom is 0.128 e. The molecule has 0 heterocycles. The Hall–Kier alpha value is -0.640. The van der Waals surface area contributed by atoms with E-state index in [0.29, 0.717) is 29.0 Å². The van der Waals surface area contributed by atoms with Gasteiger partial charge in [0.15, 0.2) is 0 Å². The molecule has 2 N–H and O–H groups in total. The van der Waals surface area contributed by atoms with Crippen LogP contribution in [0.4, 0.5) is 4.39 Å². The monoisotopic (exact) mass is 300 g/mol. The van der Waals surface area contributed by atoms with Crippen LogP contribution in [0.3, 0.4) is 0 Å². The highest BCUT2D eigenvalue weighted by Gasteiger charge is 2.23. The molecule has 0 aromatic heterocycles. The van der Waals surface area contributed by atoms with Crippen molar-refractivity contribution in [2.45, 2.75) is 33.7 Å². The van der Waals surface area contributed by atoms with Crippen LogP contribution in [0, 0.1) is 17.7 Å². The van der Waals surface area contributed by atoms with Gasteiger partial charge >= 0.3 is 0 Å². The molecule has 0 radical (unpaired) electrons. The molecule has 20 heavy (non-hydrogen) atoms. The molecule has 0 bridgehead atoms. The summed E-state index contributed by atoms with van der Waals surface area (Å²) in [5.74, 6) is 0.775. The minimum atomic E-state index is -0.234. The standard InChI is InChI=1S/C16H26ClFN2/c1-11(2)9-20(10-12(3)4)16(8-19)14-7-13(17)5-6-15(14)18/h5-7,11-12,16H,8-10,19H2,1-4H3. The van der Waals surface area contributed by atoms with E-state index in [9.17, 15) is 4.39 Å². The second kappa shape index (κ2) is 7.96. The van der Waals surface area contributed by atoms with Gasteiger partial charge in [0.2, 0.25) is 0 Å². The fraction of sp³-hybridized carbons (Fsp3) is 0.625. The molecule has 1 atom stereocenters. The van der Waals surface area contributed by atoms with Crippen molar-refractivity contribution in [1.82, 2.24) is 4.90 Å². The van der Waals surface area contributed by atoms with E-state index in [1.165, 1.54) is 6.07 Å². The Bertz CT molecular complexity index is 411. The van der Waals surface area contributed by atoms with Crippen molar-refractivity contribution in [2.75, 3.05) is 19.6 Å². The normalized spacial score (nSPS) is 13.5. The molecule has 0 spiro atoms. The topological polar surface area (TPSA) is 29.3 Å². The maximum absolute atomic E-state index is 14.1. The van der Waals surface area contributed by atoms with Crippen LogP contribution in [0.5, 0.6) is 0 Å². The van der Waals surface area contributed by atoms with Gasteiger partial charge in [-0.15, -0.1) is 0 Å². The fourth-order valence-electron chi connectivity index (χ4n) is 2.51. The Morgan fingerprint density at radius 3 is 2.15 bits per heavy atom. The average Bonchev–Trinajstić information content (AvgIpc) is 2.32. The molecule has 4 heteroatoms. The lowest BCUT2D eigenvalue weighted by Crippen LogP contribution is -2.39. The highest BCUT2D eigenvalue weighted by molar-refractivity contribution is 6.30. The lowest BCUT2D eigenvalue weighted by Gasteiger charge is -2.34. The summed E-state index contributed by atoms with van der Waals surface area (Å²) in [6, 6.07) is 4.56. The zero-order chi connectivity index (χ0) is 15.3. The Morgan fingerprint density at radius 2 is 1.70 bits per heavy atom. The number of benzene rings is 1. The molecule has 1 unspecified atom stereocenters. The number of hydrogen-bond donors (Lipinski definition) is 1. The zero-order valence-corrected chi connectivity index (χ0v) is 13.6. The van der Waals surface area contributed by atoms with E-state index in [-0.39, 0.29) is 11.9 Å². The van der Waals surface area contributed by atoms with E-state index in [0.717, 1.165) is 13.1 Å². The van der Waals surface area contributed by atoms with Crippen molar-refractivity contribution in [3.63, 3.8) is 0 Å². The zero-order valence-electron chi connectivity index (χ0n) is 12.9. The van der Waals surface area contributed by atoms with Gasteiger partial charge in [-0.25, -0.2) is 4.39 Å². The van der Waals surface area contributed by atoms with Crippen LogP contribution in [0.2, 0.25) is 5.02 Å². The van der Waals surface area contributed by atoms with Crippen molar-refractivity contribution < 1.29 is 4.39 Å². The van der Waals surface area contributed by atoms with E-state index < -0.39 is 0 Å². The van der Waals surface area contributed by atoms with Gasteiger partial charge in [-0.3, -0.25) is 4.90 Å². The Morgan fingerprint density at radius 1 is 1.15 bits per heavy atom. The van der Waals surface area contributed by atoms with Gasteiger partial charge in [0.05, 0.1) is 0 Å². The second-order valence-electron chi connectivity index (χ2n) is 6.16. The number of halogens is 2.